The van der Waals surface area contributed by atoms with Crippen LogP contribution in [0, 0.1) is 5.92 Å². The topological polar surface area (TPSA) is 70.5 Å². The quantitative estimate of drug-likeness (QED) is 0.862. The van der Waals surface area contributed by atoms with Gasteiger partial charge in [-0.2, -0.15) is 0 Å². The molecule has 2 heterocycles. The summed E-state index contributed by atoms with van der Waals surface area (Å²) in [4.78, 5) is 28.8. The molecule has 1 fully saturated rings. The van der Waals surface area contributed by atoms with E-state index in [0.29, 0.717) is 11.2 Å². The zero-order chi connectivity index (χ0) is 14.3. The monoisotopic (exact) mass is 290 g/mol. The van der Waals surface area contributed by atoms with E-state index in [9.17, 15) is 9.59 Å². The van der Waals surface area contributed by atoms with Crippen LogP contribution in [-0.4, -0.2) is 28.5 Å². The number of pyridine rings is 1. The second-order valence-corrected chi connectivity index (χ2v) is 5.11. The summed E-state index contributed by atoms with van der Waals surface area (Å²) in [5, 5.41) is 10.1. The molecule has 0 radical (unpaired) electrons. The summed E-state index contributed by atoms with van der Waals surface area (Å²) >= 11 is 5.98. The van der Waals surface area contributed by atoms with Crippen LogP contribution in [-0.2, 0) is 9.59 Å². The fourth-order valence-corrected chi connectivity index (χ4v) is 2.65. The first-order chi connectivity index (χ1) is 9.56. The number of hydrogen-bond acceptors (Lipinski definition) is 3. The highest BCUT2D eigenvalue weighted by atomic mass is 35.5. The minimum atomic E-state index is -0.953. The predicted octanol–water partition coefficient (Wildman–Crippen LogP) is 2.33. The van der Waals surface area contributed by atoms with Crippen molar-refractivity contribution in [1.82, 2.24) is 4.98 Å². The number of aliphatic carboxylic acids is 1. The van der Waals surface area contributed by atoms with E-state index in [4.69, 9.17) is 16.7 Å². The Bertz CT molecular complexity index is 717. The van der Waals surface area contributed by atoms with Crippen LogP contribution in [0.5, 0.6) is 0 Å². The van der Waals surface area contributed by atoms with Crippen molar-refractivity contribution >= 4 is 40.1 Å². The van der Waals surface area contributed by atoms with Gasteiger partial charge in [0.05, 0.1) is 17.1 Å². The van der Waals surface area contributed by atoms with Crippen molar-refractivity contribution in [2.75, 3.05) is 11.4 Å². The molecule has 1 aliphatic heterocycles. The Morgan fingerprint density at radius 2 is 2.15 bits per heavy atom. The van der Waals surface area contributed by atoms with Gasteiger partial charge in [0.15, 0.2) is 0 Å². The van der Waals surface area contributed by atoms with Crippen molar-refractivity contribution in [2.45, 2.75) is 6.42 Å². The number of hydrogen-bond donors (Lipinski definition) is 1. The number of amides is 1. The van der Waals surface area contributed by atoms with Crippen molar-refractivity contribution in [1.29, 1.82) is 0 Å². The number of para-hydroxylation sites is 1. The molecule has 1 saturated heterocycles. The number of benzene rings is 1. The molecule has 6 heteroatoms. The fraction of sp³-hybridized carbons (Fsp3) is 0.214. The SMILES string of the molecule is O=C(O)C1CC(=O)N(c2cc(Cl)nc3ccccc23)C1. The average Bonchev–Trinajstić information content (AvgIpc) is 2.80. The number of fused-ring (bicyclic) bond motifs is 1. The Hall–Kier alpha value is -2.14. The highest BCUT2D eigenvalue weighted by Gasteiger charge is 2.35. The molecular formula is C14H11ClN2O3. The van der Waals surface area contributed by atoms with Crippen LogP contribution in [0.3, 0.4) is 0 Å². The van der Waals surface area contributed by atoms with Gasteiger partial charge in [0.25, 0.3) is 0 Å². The third kappa shape index (κ3) is 2.10. The smallest absolute Gasteiger partial charge is 0.308 e. The van der Waals surface area contributed by atoms with Gasteiger partial charge in [0, 0.05) is 18.4 Å². The van der Waals surface area contributed by atoms with Crippen LogP contribution < -0.4 is 4.90 Å². The number of carbonyl (C=O) groups is 2. The van der Waals surface area contributed by atoms with Crippen LogP contribution in [0.25, 0.3) is 10.9 Å². The minimum absolute atomic E-state index is 0.0175. The van der Waals surface area contributed by atoms with Crippen molar-refractivity contribution in [3.05, 3.63) is 35.5 Å². The van der Waals surface area contributed by atoms with E-state index < -0.39 is 11.9 Å². The Kier molecular flexibility index (Phi) is 3.06. The van der Waals surface area contributed by atoms with Gasteiger partial charge in [-0.15, -0.1) is 0 Å². The molecular weight excluding hydrogens is 280 g/mol. The summed E-state index contributed by atoms with van der Waals surface area (Å²) < 4.78 is 0. The molecule has 0 bridgehead atoms. The maximum absolute atomic E-state index is 12.0. The van der Waals surface area contributed by atoms with Gasteiger partial charge in [-0.1, -0.05) is 29.8 Å². The third-order valence-corrected chi connectivity index (χ3v) is 3.62. The number of carbonyl (C=O) groups excluding carboxylic acids is 1. The zero-order valence-corrected chi connectivity index (χ0v) is 11.2. The van der Waals surface area contributed by atoms with Gasteiger partial charge < -0.3 is 10.0 Å². The number of aromatic nitrogens is 1. The van der Waals surface area contributed by atoms with Gasteiger partial charge in [0.2, 0.25) is 5.91 Å². The van der Waals surface area contributed by atoms with Crippen molar-refractivity contribution < 1.29 is 14.7 Å². The Balaban J connectivity index is 2.10. The highest BCUT2D eigenvalue weighted by Crippen LogP contribution is 2.32. The summed E-state index contributed by atoms with van der Waals surface area (Å²) in [5.41, 5.74) is 1.30. The molecule has 1 aromatic heterocycles. The van der Waals surface area contributed by atoms with Crippen LogP contribution in [0.15, 0.2) is 30.3 Å². The largest absolute Gasteiger partial charge is 0.481 e. The Labute approximate surface area is 119 Å². The highest BCUT2D eigenvalue weighted by molar-refractivity contribution is 6.30. The summed E-state index contributed by atoms with van der Waals surface area (Å²) in [6.45, 7) is 0.165. The second-order valence-electron chi connectivity index (χ2n) is 4.72. The first-order valence-corrected chi connectivity index (χ1v) is 6.52. The van der Waals surface area contributed by atoms with Crippen LogP contribution in [0.4, 0.5) is 5.69 Å². The van der Waals surface area contributed by atoms with E-state index in [-0.39, 0.29) is 24.0 Å². The van der Waals surface area contributed by atoms with E-state index in [0.717, 1.165) is 5.39 Å². The number of anilines is 1. The van der Waals surface area contributed by atoms with Crippen LogP contribution in [0.2, 0.25) is 5.15 Å². The van der Waals surface area contributed by atoms with Crippen LogP contribution in [0.1, 0.15) is 6.42 Å². The van der Waals surface area contributed by atoms with E-state index in [2.05, 4.69) is 4.98 Å². The lowest BCUT2D eigenvalue weighted by Gasteiger charge is -2.18. The number of halogens is 1. The lowest BCUT2D eigenvalue weighted by atomic mass is 10.1. The molecule has 1 aliphatic rings. The summed E-state index contributed by atoms with van der Waals surface area (Å²) in [5.74, 6) is -1.83. The zero-order valence-electron chi connectivity index (χ0n) is 10.4. The number of carboxylic acid groups (broad SMARTS) is 1. The molecule has 1 unspecified atom stereocenters. The lowest BCUT2D eigenvalue weighted by molar-refractivity contribution is -0.141. The molecule has 1 N–H and O–H groups in total. The van der Waals surface area contributed by atoms with Gasteiger partial charge in [-0.25, -0.2) is 4.98 Å². The number of nitrogens with zero attached hydrogens (tertiary/aromatic N) is 2. The van der Waals surface area contributed by atoms with Gasteiger partial charge in [-0.3, -0.25) is 9.59 Å². The molecule has 1 aromatic carbocycles. The van der Waals surface area contributed by atoms with Crippen LogP contribution >= 0.6 is 11.6 Å². The van der Waals surface area contributed by atoms with Gasteiger partial charge >= 0.3 is 5.97 Å². The lowest BCUT2D eigenvalue weighted by Crippen LogP contribution is -2.26. The Morgan fingerprint density at radius 3 is 2.85 bits per heavy atom. The summed E-state index contributed by atoms with van der Waals surface area (Å²) in [7, 11) is 0. The second kappa shape index (κ2) is 4.76. The van der Waals surface area contributed by atoms with E-state index in [1.54, 1.807) is 12.1 Å². The summed E-state index contributed by atoms with van der Waals surface area (Å²) in [6.07, 6.45) is 0.0175. The normalized spacial score (nSPS) is 18.8. The summed E-state index contributed by atoms with van der Waals surface area (Å²) in [6, 6.07) is 8.93. The van der Waals surface area contributed by atoms with Crippen molar-refractivity contribution in [3.8, 4) is 0 Å². The fourth-order valence-electron chi connectivity index (χ4n) is 2.45. The molecule has 0 spiro atoms. The Morgan fingerprint density at radius 1 is 1.40 bits per heavy atom. The average molecular weight is 291 g/mol. The molecule has 3 rings (SSSR count). The molecule has 0 aliphatic carbocycles. The van der Waals surface area contributed by atoms with E-state index in [1.165, 1.54) is 4.90 Å². The molecule has 1 atom stereocenters. The maximum Gasteiger partial charge on any atom is 0.308 e. The number of rotatable bonds is 2. The number of carboxylic acids is 1. The molecule has 1 amide bonds. The van der Waals surface area contributed by atoms with Gasteiger partial charge in [0.1, 0.15) is 5.15 Å². The standard InChI is InChI=1S/C14H11ClN2O3/c15-12-6-11(9-3-1-2-4-10(9)16-12)17-7-8(14(19)20)5-13(17)18/h1-4,6,8H,5,7H2,(H,19,20). The minimum Gasteiger partial charge on any atom is -0.481 e. The van der Waals surface area contributed by atoms with E-state index >= 15 is 0 Å². The third-order valence-electron chi connectivity index (χ3n) is 3.43. The maximum atomic E-state index is 12.0. The first kappa shape index (κ1) is 12.9. The van der Waals surface area contributed by atoms with Crippen molar-refractivity contribution in [3.63, 3.8) is 0 Å². The van der Waals surface area contributed by atoms with E-state index in [1.807, 2.05) is 18.2 Å². The molecule has 2 aromatic rings. The first-order valence-electron chi connectivity index (χ1n) is 6.14. The predicted molar refractivity (Wildman–Crippen MR) is 74.8 cm³/mol. The van der Waals surface area contributed by atoms with Gasteiger partial charge in [-0.05, 0) is 12.1 Å². The molecule has 0 saturated carbocycles. The molecule has 102 valence electrons. The molecule has 20 heavy (non-hydrogen) atoms. The molecule has 5 nitrogen and oxygen atoms in total. The van der Waals surface area contributed by atoms with Crippen molar-refractivity contribution in [2.24, 2.45) is 5.92 Å².